The van der Waals surface area contributed by atoms with Crippen LogP contribution in [0.2, 0.25) is 0 Å². The quantitative estimate of drug-likeness (QED) is 0.846. The third-order valence-corrected chi connectivity index (χ3v) is 5.87. The minimum atomic E-state index is -3.57. The van der Waals surface area contributed by atoms with E-state index in [-0.39, 0.29) is 10.9 Å². The molecule has 1 saturated carbocycles. The molecule has 1 aliphatic carbocycles. The van der Waals surface area contributed by atoms with Crippen molar-refractivity contribution in [1.82, 2.24) is 4.31 Å². The average molecular weight is 298 g/mol. The van der Waals surface area contributed by atoms with Gasteiger partial charge < -0.3 is 10.5 Å². The monoisotopic (exact) mass is 298 g/mol. The predicted octanol–water partition coefficient (Wildman–Crippen LogP) is 2.23. The van der Waals surface area contributed by atoms with Crippen LogP contribution in [-0.4, -0.2) is 32.4 Å². The van der Waals surface area contributed by atoms with Crippen LogP contribution in [0.3, 0.4) is 0 Å². The van der Waals surface area contributed by atoms with Crippen LogP contribution in [0.25, 0.3) is 0 Å². The van der Waals surface area contributed by atoms with Gasteiger partial charge in [-0.05, 0) is 31.0 Å². The van der Waals surface area contributed by atoms with Crippen LogP contribution in [0.5, 0.6) is 5.75 Å². The SMILES string of the molecule is CCN(C1CCCC1)S(=O)(=O)c1cc(N)ccc1OC. The van der Waals surface area contributed by atoms with Gasteiger partial charge in [-0.25, -0.2) is 8.42 Å². The van der Waals surface area contributed by atoms with Crippen LogP contribution >= 0.6 is 0 Å². The van der Waals surface area contributed by atoms with Crippen molar-refractivity contribution < 1.29 is 13.2 Å². The highest BCUT2D eigenvalue weighted by molar-refractivity contribution is 7.89. The van der Waals surface area contributed by atoms with Crippen molar-refractivity contribution in [3.05, 3.63) is 18.2 Å². The van der Waals surface area contributed by atoms with Gasteiger partial charge in [0.1, 0.15) is 10.6 Å². The Morgan fingerprint density at radius 1 is 1.35 bits per heavy atom. The van der Waals surface area contributed by atoms with E-state index >= 15 is 0 Å². The van der Waals surface area contributed by atoms with Crippen molar-refractivity contribution in [2.75, 3.05) is 19.4 Å². The smallest absolute Gasteiger partial charge is 0.247 e. The van der Waals surface area contributed by atoms with E-state index in [2.05, 4.69) is 0 Å². The van der Waals surface area contributed by atoms with Gasteiger partial charge in [-0.15, -0.1) is 0 Å². The average Bonchev–Trinajstić information content (AvgIpc) is 2.93. The van der Waals surface area contributed by atoms with Gasteiger partial charge in [-0.3, -0.25) is 0 Å². The summed E-state index contributed by atoms with van der Waals surface area (Å²) in [7, 11) is -2.10. The second-order valence-corrected chi connectivity index (χ2v) is 6.92. The Balaban J connectivity index is 2.44. The second-order valence-electron chi connectivity index (χ2n) is 5.06. The van der Waals surface area contributed by atoms with E-state index in [9.17, 15) is 8.42 Å². The maximum atomic E-state index is 12.9. The molecular formula is C14H22N2O3S. The molecule has 0 unspecified atom stereocenters. The largest absolute Gasteiger partial charge is 0.495 e. The third-order valence-electron chi connectivity index (χ3n) is 3.82. The van der Waals surface area contributed by atoms with E-state index < -0.39 is 10.0 Å². The summed E-state index contributed by atoms with van der Waals surface area (Å²) in [6.45, 7) is 2.33. The highest BCUT2D eigenvalue weighted by atomic mass is 32.2. The summed E-state index contributed by atoms with van der Waals surface area (Å²) in [5.74, 6) is 0.343. The molecule has 0 aromatic heterocycles. The van der Waals surface area contributed by atoms with Gasteiger partial charge in [0.15, 0.2) is 0 Å². The lowest BCUT2D eigenvalue weighted by atomic mass is 10.2. The number of hydrogen-bond acceptors (Lipinski definition) is 4. The number of anilines is 1. The Kier molecular flexibility index (Phi) is 4.55. The molecular weight excluding hydrogens is 276 g/mol. The highest BCUT2D eigenvalue weighted by Crippen LogP contribution is 2.33. The zero-order chi connectivity index (χ0) is 14.8. The van der Waals surface area contributed by atoms with E-state index in [1.807, 2.05) is 6.92 Å². The molecule has 0 atom stereocenters. The molecule has 6 heteroatoms. The second kappa shape index (κ2) is 6.01. The van der Waals surface area contributed by atoms with E-state index in [1.54, 1.807) is 16.4 Å². The number of benzene rings is 1. The molecule has 0 spiro atoms. The van der Waals surface area contributed by atoms with Crippen LogP contribution in [0, 0.1) is 0 Å². The fourth-order valence-electron chi connectivity index (χ4n) is 2.84. The standard InChI is InChI=1S/C14H22N2O3S/c1-3-16(12-6-4-5-7-12)20(17,18)14-10-11(15)8-9-13(14)19-2/h8-10,12H,3-7,15H2,1-2H3. The zero-order valence-electron chi connectivity index (χ0n) is 12.0. The first kappa shape index (κ1) is 15.1. The molecule has 20 heavy (non-hydrogen) atoms. The number of ether oxygens (including phenoxy) is 1. The summed E-state index contributed by atoms with van der Waals surface area (Å²) in [4.78, 5) is 0.161. The summed E-state index contributed by atoms with van der Waals surface area (Å²) < 4.78 is 32.5. The number of methoxy groups -OCH3 is 1. The van der Waals surface area contributed by atoms with E-state index in [0.29, 0.717) is 18.0 Å². The Hall–Kier alpha value is -1.27. The Bertz CT molecular complexity index is 566. The Morgan fingerprint density at radius 3 is 2.55 bits per heavy atom. The van der Waals surface area contributed by atoms with E-state index in [1.165, 1.54) is 13.2 Å². The normalized spacial score (nSPS) is 16.8. The number of rotatable bonds is 5. The molecule has 0 radical (unpaired) electrons. The summed E-state index contributed by atoms with van der Waals surface area (Å²) in [5.41, 5.74) is 6.16. The molecule has 112 valence electrons. The first-order valence-electron chi connectivity index (χ1n) is 6.96. The molecule has 2 N–H and O–H groups in total. The van der Waals surface area contributed by atoms with E-state index in [0.717, 1.165) is 25.7 Å². The lowest BCUT2D eigenvalue weighted by Crippen LogP contribution is -2.38. The van der Waals surface area contributed by atoms with Crippen LogP contribution in [-0.2, 0) is 10.0 Å². The fraction of sp³-hybridized carbons (Fsp3) is 0.571. The van der Waals surface area contributed by atoms with Gasteiger partial charge in [0, 0.05) is 18.3 Å². The number of nitrogen functional groups attached to an aromatic ring is 1. The molecule has 0 heterocycles. The van der Waals surface area contributed by atoms with Gasteiger partial charge in [0.05, 0.1) is 7.11 Å². The molecule has 0 amide bonds. The van der Waals surface area contributed by atoms with Gasteiger partial charge in [0.25, 0.3) is 0 Å². The van der Waals surface area contributed by atoms with Crippen molar-refractivity contribution in [2.45, 2.75) is 43.5 Å². The number of hydrogen-bond donors (Lipinski definition) is 1. The first-order valence-corrected chi connectivity index (χ1v) is 8.40. The molecule has 0 saturated heterocycles. The minimum absolute atomic E-state index is 0.0936. The van der Waals surface area contributed by atoms with E-state index in [4.69, 9.17) is 10.5 Å². The summed E-state index contributed by atoms with van der Waals surface area (Å²) in [6.07, 6.45) is 4.03. The van der Waals surface area contributed by atoms with Crippen molar-refractivity contribution in [3.63, 3.8) is 0 Å². The van der Waals surface area contributed by atoms with Crippen LogP contribution in [0.15, 0.2) is 23.1 Å². The van der Waals surface area contributed by atoms with Gasteiger partial charge >= 0.3 is 0 Å². The first-order chi connectivity index (χ1) is 9.50. The molecule has 0 bridgehead atoms. The third kappa shape index (κ3) is 2.76. The summed E-state index contributed by atoms with van der Waals surface area (Å²) in [5, 5.41) is 0. The maximum Gasteiger partial charge on any atom is 0.247 e. The fourth-order valence-corrected chi connectivity index (χ4v) is 4.72. The lowest BCUT2D eigenvalue weighted by molar-refractivity contribution is 0.332. The van der Waals surface area contributed by atoms with Crippen molar-refractivity contribution >= 4 is 15.7 Å². The number of nitrogens with zero attached hydrogens (tertiary/aromatic N) is 1. The predicted molar refractivity (Wildman–Crippen MR) is 79.2 cm³/mol. The summed E-state index contributed by atoms with van der Waals surface area (Å²) >= 11 is 0. The molecule has 1 aromatic carbocycles. The van der Waals surface area contributed by atoms with Gasteiger partial charge in [-0.2, -0.15) is 4.31 Å². The van der Waals surface area contributed by atoms with Crippen molar-refractivity contribution in [1.29, 1.82) is 0 Å². The topological polar surface area (TPSA) is 72.6 Å². The minimum Gasteiger partial charge on any atom is -0.495 e. The highest BCUT2D eigenvalue weighted by Gasteiger charge is 2.33. The Labute approximate surface area is 120 Å². The molecule has 1 aromatic rings. The molecule has 5 nitrogen and oxygen atoms in total. The van der Waals surface area contributed by atoms with Crippen molar-refractivity contribution in [3.8, 4) is 5.75 Å². The Morgan fingerprint density at radius 2 is 2.00 bits per heavy atom. The molecule has 2 rings (SSSR count). The van der Waals surface area contributed by atoms with Crippen LogP contribution in [0.4, 0.5) is 5.69 Å². The number of sulfonamides is 1. The van der Waals surface area contributed by atoms with Gasteiger partial charge in [0.2, 0.25) is 10.0 Å². The number of nitrogens with two attached hydrogens (primary N) is 1. The molecule has 1 fully saturated rings. The van der Waals surface area contributed by atoms with Crippen LogP contribution in [0.1, 0.15) is 32.6 Å². The van der Waals surface area contributed by atoms with Crippen molar-refractivity contribution in [2.24, 2.45) is 0 Å². The summed E-state index contributed by atoms with van der Waals surface area (Å²) in [6, 6.07) is 4.82. The maximum absolute atomic E-state index is 12.9. The lowest BCUT2D eigenvalue weighted by Gasteiger charge is -2.27. The van der Waals surface area contributed by atoms with Gasteiger partial charge in [-0.1, -0.05) is 19.8 Å². The molecule has 0 aliphatic heterocycles. The zero-order valence-corrected chi connectivity index (χ0v) is 12.8. The molecule has 1 aliphatic rings. The van der Waals surface area contributed by atoms with Crippen LogP contribution < -0.4 is 10.5 Å².